The third-order valence-electron chi connectivity index (χ3n) is 5.83. The van der Waals surface area contributed by atoms with Gasteiger partial charge in [-0.3, -0.25) is 0 Å². The van der Waals surface area contributed by atoms with Gasteiger partial charge in [-0.2, -0.15) is 0 Å². The van der Waals surface area contributed by atoms with Crippen LogP contribution in [0.4, 0.5) is 11.4 Å². The van der Waals surface area contributed by atoms with Gasteiger partial charge in [-0.05, 0) is 55.0 Å². The summed E-state index contributed by atoms with van der Waals surface area (Å²) in [6.07, 6.45) is -0.363. The molecule has 4 rings (SSSR count). The summed E-state index contributed by atoms with van der Waals surface area (Å²) < 4.78 is 0. The number of thioether (sulfide) groups is 1. The molecule has 2 heterocycles. The summed E-state index contributed by atoms with van der Waals surface area (Å²) in [6, 6.07) is 14.9. The summed E-state index contributed by atoms with van der Waals surface area (Å²) in [4.78, 5) is 9.16. The third-order valence-corrected chi connectivity index (χ3v) is 6.80. The fraction of sp³-hybridized carbons (Fsp3) is 0.375. The minimum atomic E-state index is -0.363. The molecule has 2 aliphatic heterocycles. The SMILES string of the molecule is CC1=NC2=C(C(N)N1c1ccc(C(C)(C)C)cc1)N(c1c(C)cccc1C)C(N)S2. The lowest BCUT2D eigenvalue weighted by atomic mass is 9.87. The van der Waals surface area contributed by atoms with Gasteiger partial charge in [0.2, 0.25) is 0 Å². The molecule has 0 aromatic heterocycles. The standard InChI is InChI=1S/C24H31N5S/c1-14-8-7-9-15(2)19(14)29-20-21(25)28(16(3)27-22(20)30-23(29)26)18-12-10-17(11-13-18)24(4,5)6/h7-13,21,23H,25-26H2,1-6H3. The van der Waals surface area contributed by atoms with Gasteiger partial charge in [0.15, 0.2) is 0 Å². The Kier molecular flexibility index (Phi) is 5.21. The van der Waals surface area contributed by atoms with Gasteiger partial charge in [-0.25, -0.2) is 4.99 Å². The minimum absolute atomic E-state index is 0.107. The summed E-state index contributed by atoms with van der Waals surface area (Å²) in [7, 11) is 0. The van der Waals surface area contributed by atoms with E-state index in [-0.39, 0.29) is 17.1 Å². The van der Waals surface area contributed by atoms with Crippen molar-refractivity contribution in [1.29, 1.82) is 0 Å². The molecule has 30 heavy (non-hydrogen) atoms. The van der Waals surface area contributed by atoms with Crippen molar-refractivity contribution in [3.63, 3.8) is 0 Å². The van der Waals surface area contributed by atoms with E-state index in [2.05, 4.69) is 86.9 Å². The van der Waals surface area contributed by atoms with Gasteiger partial charge < -0.3 is 21.3 Å². The number of aryl methyl sites for hydroxylation is 2. The Morgan fingerprint density at radius 1 is 0.900 bits per heavy atom. The topological polar surface area (TPSA) is 70.9 Å². The van der Waals surface area contributed by atoms with Crippen LogP contribution >= 0.6 is 11.8 Å². The van der Waals surface area contributed by atoms with E-state index in [1.165, 1.54) is 16.7 Å². The molecule has 2 unspecified atom stereocenters. The number of benzene rings is 2. The monoisotopic (exact) mass is 421 g/mol. The van der Waals surface area contributed by atoms with Gasteiger partial charge in [0.05, 0.1) is 5.70 Å². The summed E-state index contributed by atoms with van der Waals surface area (Å²) in [5.74, 6) is 0.882. The first kappa shape index (κ1) is 21.0. The molecule has 0 amide bonds. The van der Waals surface area contributed by atoms with Crippen LogP contribution in [0.1, 0.15) is 44.4 Å². The molecular weight excluding hydrogens is 390 g/mol. The summed E-state index contributed by atoms with van der Waals surface area (Å²) in [6.45, 7) is 12.9. The number of hydrogen-bond acceptors (Lipinski definition) is 6. The smallest absolute Gasteiger partial charge is 0.136 e. The molecule has 2 aromatic rings. The van der Waals surface area contributed by atoms with Crippen molar-refractivity contribution in [3.8, 4) is 0 Å². The largest absolute Gasteiger partial charge is 0.314 e. The predicted molar refractivity (Wildman–Crippen MR) is 130 cm³/mol. The predicted octanol–water partition coefficient (Wildman–Crippen LogP) is 4.79. The van der Waals surface area contributed by atoms with Gasteiger partial charge in [-0.15, -0.1) is 0 Å². The zero-order valence-electron chi connectivity index (χ0n) is 18.6. The van der Waals surface area contributed by atoms with Gasteiger partial charge in [-0.1, -0.05) is 62.9 Å². The van der Waals surface area contributed by atoms with Crippen molar-refractivity contribution < 1.29 is 0 Å². The van der Waals surface area contributed by atoms with Gasteiger partial charge in [0.25, 0.3) is 0 Å². The van der Waals surface area contributed by atoms with E-state index in [9.17, 15) is 0 Å². The fourth-order valence-electron chi connectivity index (χ4n) is 4.25. The zero-order chi connectivity index (χ0) is 21.8. The second kappa shape index (κ2) is 7.45. The van der Waals surface area contributed by atoms with E-state index < -0.39 is 0 Å². The maximum atomic E-state index is 6.88. The van der Waals surface area contributed by atoms with Gasteiger partial charge >= 0.3 is 0 Å². The van der Waals surface area contributed by atoms with Crippen LogP contribution in [0.5, 0.6) is 0 Å². The van der Waals surface area contributed by atoms with Crippen molar-refractivity contribution in [2.24, 2.45) is 16.5 Å². The first-order chi connectivity index (χ1) is 14.1. The van der Waals surface area contributed by atoms with Crippen LogP contribution in [0.25, 0.3) is 0 Å². The molecule has 158 valence electrons. The maximum Gasteiger partial charge on any atom is 0.136 e. The summed E-state index contributed by atoms with van der Waals surface area (Å²) in [5, 5.41) is 0.915. The second-order valence-electron chi connectivity index (χ2n) is 9.08. The van der Waals surface area contributed by atoms with Crippen molar-refractivity contribution in [1.82, 2.24) is 0 Å². The number of nitrogens with two attached hydrogens (primary N) is 2. The lowest BCUT2D eigenvalue weighted by Gasteiger charge is -2.39. The van der Waals surface area contributed by atoms with E-state index in [0.717, 1.165) is 27.9 Å². The van der Waals surface area contributed by atoms with Crippen LogP contribution in [-0.2, 0) is 5.41 Å². The molecule has 0 saturated carbocycles. The number of para-hydroxylation sites is 1. The van der Waals surface area contributed by atoms with E-state index in [0.29, 0.717) is 0 Å². The molecule has 0 saturated heterocycles. The number of aliphatic imine (C=N–C) groups is 1. The molecule has 2 aliphatic rings. The highest BCUT2D eigenvalue weighted by Gasteiger charge is 2.41. The van der Waals surface area contributed by atoms with Crippen LogP contribution in [-0.4, -0.2) is 17.5 Å². The lowest BCUT2D eigenvalue weighted by Crippen LogP contribution is -2.53. The first-order valence-electron chi connectivity index (χ1n) is 10.3. The lowest BCUT2D eigenvalue weighted by molar-refractivity contribution is 0.590. The fourth-order valence-corrected chi connectivity index (χ4v) is 5.33. The molecule has 0 radical (unpaired) electrons. The molecule has 0 aliphatic carbocycles. The highest BCUT2D eigenvalue weighted by molar-refractivity contribution is 8.04. The van der Waals surface area contributed by atoms with E-state index >= 15 is 0 Å². The maximum absolute atomic E-state index is 6.88. The zero-order valence-corrected chi connectivity index (χ0v) is 19.4. The Balaban J connectivity index is 1.76. The van der Waals surface area contributed by atoms with Crippen molar-refractivity contribution in [3.05, 3.63) is 69.9 Å². The quantitative estimate of drug-likeness (QED) is 0.730. The van der Waals surface area contributed by atoms with Crippen LogP contribution in [0.3, 0.4) is 0 Å². The van der Waals surface area contributed by atoms with Crippen molar-refractivity contribution in [2.75, 3.05) is 9.80 Å². The Bertz CT molecular complexity index is 1010. The normalized spacial score (nSPS) is 21.8. The highest BCUT2D eigenvalue weighted by atomic mass is 32.2. The number of rotatable bonds is 2. The number of anilines is 2. The van der Waals surface area contributed by atoms with Crippen LogP contribution in [0.2, 0.25) is 0 Å². The number of nitrogens with zero attached hydrogens (tertiary/aromatic N) is 3. The Hall–Kier alpha value is -2.28. The molecular formula is C24H31N5S. The summed E-state index contributed by atoms with van der Waals surface area (Å²) in [5.41, 5.74) is 20.1. The van der Waals surface area contributed by atoms with Crippen molar-refractivity contribution >= 4 is 29.0 Å². The van der Waals surface area contributed by atoms with Gasteiger partial charge in [0.1, 0.15) is 22.5 Å². The molecule has 4 N–H and O–H groups in total. The van der Waals surface area contributed by atoms with Crippen LogP contribution in [0.15, 0.2) is 58.2 Å². The van der Waals surface area contributed by atoms with Crippen LogP contribution in [0, 0.1) is 13.8 Å². The average molecular weight is 422 g/mol. The van der Waals surface area contributed by atoms with Crippen molar-refractivity contribution in [2.45, 2.75) is 58.6 Å². The van der Waals surface area contributed by atoms with E-state index in [4.69, 9.17) is 16.5 Å². The molecule has 2 atom stereocenters. The molecule has 0 bridgehead atoms. The summed E-state index contributed by atoms with van der Waals surface area (Å²) >= 11 is 1.57. The highest BCUT2D eigenvalue weighted by Crippen LogP contribution is 2.45. The Labute approximate surface area is 183 Å². The number of hydrogen-bond donors (Lipinski definition) is 2. The average Bonchev–Trinajstić information content (AvgIpc) is 2.97. The van der Waals surface area contributed by atoms with Crippen LogP contribution < -0.4 is 21.3 Å². The Morgan fingerprint density at radius 2 is 1.50 bits per heavy atom. The first-order valence-corrected chi connectivity index (χ1v) is 11.2. The number of amidine groups is 1. The molecule has 5 nitrogen and oxygen atoms in total. The molecule has 0 fully saturated rings. The second-order valence-corrected chi connectivity index (χ2v) is 10.2. The Morgan fingerprint density at radius 3 is 2.07 bits per heavy atom. The molecule has 6 heteroatoms. The van der Waals surface area contributed by atoms with Gasteiger partial charge in [0, 0.05) is 11.4 Å². The third kappa shape index (κ3) is 3.43. The van der Waals surface area contributed by atoms with E-state index in [1.807, 2.05) is 6.92 Å². The molecule has 0 spiro atoms. The minimum Gasteiger partial charge on any atom is -0.314 e. The molecule has 2 aromatic carbocycles. The van der Waals surface area contributed by atoms with E-state index in [1.54, 1.807) is 11.8 Å².